The molecule has 0 spiro atoms. The molecule has 0 radical (unpaired) electrons. The maximum Gasteiger partial charge on any atom is 0.304 e. The summed E-state index contributed by atoms with van der Waals surface area (Å²) in [5.41, 5.74) is 1.77. The Hall–Kier alpha value is -3.76. The third-order valence-electron chi connectivity index (χ3n) is 6.60. The Balaban J connectivity index is 2.07. The number of nitrogens with one attached hydrogen (secondary N) is 1. The molecule has 3 aromatic rings. The zero-order chi connectivity index (χ0) is 29.3. The van der Waals surface area contributed by atoms with Gasteiger partial charge in [-0.05, 0) is 48.7 Å². The third-order valence-corrected chi connectivity index (χ3v) is 8.42. The smallest absolute Gasteiger partial charge is 0.304 e. The Kier molecular flexibility index (Phi) is 10.8. The number of anilines is 1. The van der Waals surface area contributed by atoms with Gasteiger partial charge in [-0.3, -0.25) is 9.59 Å². The van der Waals surface area contributed by atoms with E-state index in [1.165, 1.54) is 31.1 Å². The molecule has 2 amide bonds. The average Bonchev–Trinajstić information content (AvgIpc) is 2.94. The summed E-state index contributed by atoms with van der Waals surface area (Å²) in [5.74, 6) is -1.43. The van der Waals surface area contributed by atoms with Gasteiger partial charge < -0.3 is 10.2 Å². The molecule has 0 aliphatic carbocycles. The van der Waals surface area contributed by atoms with Gasteiger partial charge >= 0.3 is 10.2 Å². The lowest BCUT2D eigenvalue weighted by Gasteiger charge is -2.35. The van der Waals surface area contributed by atoms with Crippen LogP contribution in [-0.4, -0.2) is 62.2 Å². The van der Waals surface area contributed by atoms with Crippen molar-refractivity contribution in [3.05, 3.63) is 102 Å². The maximum atomic E-state index is 14.1. The summed E-state index contributed by atoms with van der Waals surface area (Å²) in [7, 11) is -1.42. The van der Waals surface area contributed by atoms with Gasteiger partial charge in [0.2, 0.25) is 11.8 Å². The Bertz CT molecular complexity index is 1350. The molecule has 3 aromatic carbocycles. The molecule has 0 aliphatic rings. The quantitative estimate of drug-likeness (QED) is 0.338. The number of nitrogens with zero attached hydrogens (tertiary/aromatic N) is 3. The predicted molar refractivity (Wildman–Crippen MR) is 155 cm³/mol. The van der Waals surface area contributed by atoms with Gasteiger partial charge in [-0.2, -0.15) is 12.7 Å². The van der Waals surface area contributed by atoms with Gasteiger partial charge in [-0.1, -0.05) is 67.6 Å². The van der Waals surface area contributed by atoms with Gasteiger partial charge in [0.15, 0.2) is 0 Å². The molecule has 0 aliphatic heterocycles. The summed E-state index contributed by atoms with van der Waals surface area (Å²) in [6.07, 6.45) is 0.939. The van der Waals surface area contributed by atoms with Crippen LogP contribution in [0.25, 0.3) is 0 Å². The van der Waals surface area contributed by atoms with Gasteiger partial charge in [0.25, 0.3) is 0 Å². The van der Waals surface area contributed by atoms with Crippen LogP contribution in [-0.2, 0) is 32.8 Å². The molecule has 0 aromatic heterocycles. The Morgan fingerprint density at radius 3 is 1.95 bits per heavy atom. The molecule has 1 N–H and O–H groups in total. The van der Waals surface area contributed by atoms with Crippen LogP contribution < -0.4 is 9.62 Å². The molecule has 8 nitrogen and oxygen atoms in total. The number of amides is 2. The van der Waals surface area contributed by atoms with Crippen LogP contribution in [0.4, 0.5) is 10.1 Å². The van der Waals surface area contributed by atoms with Gasteiger partial charge in [-0.15, -0.1) is 0 Å². The lowest BCUT2D eigenvalue weighted by molar-refractivity contribution is -0.140. The minimum absolute atomic E-state index is 0.0877. The van der Waals surface area contributed by atoms with E-state index in [0.29, 0.717) is 6.42 Å². The maximum absolute atomic E-state index is 14.1. The number of carbonyl (C=O) groups excluding carboxylic acids is 2. The second-order valence-corrected chi connectivity index (χ2v) is 11.9. The molecular weight excluding hydrogens is 531 g/mol. The summed E-state index contributed by atoms with van der Waals surface area (Å²) in [4.78, 5) is 29.2. The fraction of sp³-hybridized carbons (Fsp3) is 0.333. The minimum atomic E-state index is -4.14. The predicted octanol–water partition coefficient (Wildman–Crippen LogP) is 3.99. The molecule has 0 heterocycles. The van der Waals surface area contributed by atoms with Crippen LogP contribution in [0.5, 0.6) is 0 Å². The van der Waals surface area contributed by atoms with Crippen molar-refractivity contribution in [1.29, 1.82) is 0 Å². The molecule has 3 rings (SSSR count). The number of carbonyl (C=O) groups is 2. The zero-order valence-electron chi connectivity index (χ0n) is 23.3. The molecule has 0 saturated carbocycles. The molecule has 0 saturated heterocycles. The molecular formula is C30H37FN4O4S. The first-order chi connectivity index (χ1) is 19.0. The Labute approximate surface area is 236 Å². The van der Waals surface area contributed by atoms with Gasteiger partial charge in [0.05, 0.1) is 5.69 Å². The first kappa shape index (κ1) is 30.8. The van der Waals surface area contributed by atoms with E-state index < -0.39 is 34.5 Å². The first-order valence-corrected chi connectivity index (χ1v) is 14.6. The molecule has 2 atom stereocenters. The normalized spacial score (nSPS) is 12.9. The van der Waals surface area contributed by atoms with Crippen molar-refractivity contribution in [2.45, 2.75) is 45.3 Å². The molecule has 40 heavy (non-hydrogen) atoms. The highest BCUT2D eigenvalue weighted by Gasteiger charge is 2.35. The molecule has 0 bridgehead atoms. The second-order valence-electron chi connectivity index (χ2n) is 9.80. The van der Waals surface area contributed by atoms with E-state index in [-0.39, 0.29) is 30.6 Å². The highest BCUT2D eigenvalue weighted by Crippen LogP contribution is 2.22. The van der Waals surface area contributed by atoms with Gasteiger partial charge in [0.1, 0.15) is 18.4 Å². The van der Waals surface area contributed by atoms with E-state index in [4.69, 9.17) is 0 Å². The summed E-state index contributed by atoms with van der Waals surface area (Å²) >= 11 is 0. The molecule has 0 unspecified atom stereocenters. The van der Waals surface area contributed by atoms with Crippen molar-refractivity contribution in [3.8, 4) is 0 Å². The highest BCUT2D eigenvalue weighted by atomic mass is 32.2. The van der Waals surface area contributed by atoms with Crippen molar-refractivity contribution >= 4 is 27.7 Å². The number of rotatable bonds is 13. The van der Waals surface area contributed by atoms with E-state index in [0.717, 1.165) is 31.9 Å². The lowest BCUT2D eigenvalue weighted by Crippen LogP contribution is -2.55. The summed E-state index contributed by atoms with van der Waals surface area (Å²) in [6, 6.07) is 22.4. The monoisotopic (exact) mass is 568 g/mol. The molecule has 0 fully saturated rings. The molecule has 10 heteroatoms. The van der Waals surface area contributed by atoms with Crippen LogP contribution >= 0.6 is 0 Å². The van der Waals surface area contributed by atoms with E-state index >= 15 is 0 Å². The third kappa shape index (κ3) is 8.12. The van der Waals surface area contributed by atoms with Gasteiger partial charge in [-0.25, -0.2) is 8.70 Å². The van der Waals surface area contributed by atoms with Crippen LogP contribution in [0, 0.1) is 5.82 Å². The van der Waals surface area contributed by atoms with Crippen molar-refractivity contribution in [2.24, 2.45) is 0 Å². The van der Waals surface area contributed by atoms with E-state index in [2.05, 4.69) is 5.32 Å². The summed E-state index contributed by atoms with van der Waals surface area (Å²) in [5, 5.41) is 3.00. The topological polar surface area (TPSA) is 90.0 Å². The van der Waals surface area contributed by atoms with Crippen LogP contribution in [0.2, 0.25) is 0 Å². The van der Waals surface area contributed by atoms with E-state index in [1.807, 2.05) is 74.5 Å². The van der Waals surface area contributed by atoms with Crippen molar-refractivity contribution < 1.29 is 22.4 Å². The largest absolute Gasteiger partial charge is 0.352 e. The van der Waals surface area contributed by atoms with Crippen LogP contribution in [0.1, 0.15) is 31.4 Å². The number of hydrogen-bond acceptors (Lipinski definition) is 4. The molecule has 214 valence electrons. The summed E-state index contributed by atoms with van der Waals surface area (Å²) in [6.45, 7) is 3.35. The fourth-order valence-corrected chi connectivity index (χ4v) is 5.16. The number of benzene rings is 3. The van der Waals surface area contributed by atoms with E-state index in [1.54, 1.807) is 0 Å². The number of halogens is 1. The lowest BCUT2D eigenvalue weighted by atomic mass is 10.0. The summed E-state index contributed by atoms with van der Waals surface area (Å²) < 4.78 is 42.2. The highest BCUT2D eigenvalue weighted by molar-refractivity contribution is 7.90. The first-order valence-electron chi connectivity index (χ1n) is 13.2. The van der Waals surface area contributed by atoms with Crippen molar-refractivity contribution in [1.82, 2.24) is 14.5 Å². The van der Waals surface area contributed by atoms with Crippen LogP contribution in [0.3, 0.4) is 0 Å². The number of hydrogen-bond donors (Lipinski definition) is 1. The fourth-order valence-electron chi connectivity index (χ4n) is 4.10. The Morgan fingerprint density at radius 2 is 1.43 bits per heavy atom. The van der Waals surface area contributed by atoms with Crippen LogP contribution in [0.15, 0.2) is 84.9 Å². The SMILES string of the molecule is CC[C@H](C)NC(=O)[C@@H](Cc1ccccc1)N(Cc1ccccc1)C(=O)CN(c1ccc(F)cc1)S(=O)(=O)N(C)C. The van der Waals surface area contributed by atoms with E-state index in [9.17, 15) is 22.4 Å². The Morgan fingerprint density at radius 1 is 0.875 bits per heavy atom. The van der Waals surface area contributed by atoms with Crippen molar-refractivity contribution in [3.63, 3.8) is 0 Å². The van der Waals surface area contributed by atoms with Crippen molar-refractivity contribution in [2.75, 3.05) is 24.9 Å². The minimum Gasteiger partial charge on any atom is -0.352 e. The standard InChI is InChI=1S/C30H37FN4O4S/c1-5-23(2)32-30(37)28(20-24-12-8-6-9-13-24)34(21-25-14-10-7-11-15-25)29(36)22-35(40(38,39)33(3)4)27-18-16-26(31)17-19-27/h6-19,23,28H,5,20-22H2,1-4H3,(H,32,37)/t23-,28+/m0/s1. The van der Waals surface area contributed by atoms with Gasteiger partial charge in [0, 0.05) is 33.1 Å². The zero-order valence-corrected chi connectivity index (χ0v) is 24.1. The second kappa shape index (κ2) is 14.0. The average molecular weight is 569 g/mol.